The molecule has 0 spiro atoms. The molecule has 0 aromatic rings. The number of carbonyl (C=O) groups is 1. The molecule has 1 atom stereocenters. The topological polar surface area (TPSA) is 49.8 Å². The van der Waals surface area contributed by atoms with E-state index in [4.69, 9.17) is 9.84 Å². The Labute approximate surface area is 91.2 Å². The van der Waals surface area contributed by atoms with Crippen molar-refractivity contribution in [2.45, 2.75) is 38.6 Å². The summed E-state index contributed by atoms with van der Waals surface area (Å²) in [5.74, 6) is -0.687. The van der Waals surface area contributed by atoms with Crippen molar-refractivity contribution in [3.8, 4) is 0 Å². The summed E-state index contributed by atoms with van der Waals surface area (Å²) in [7, 11) is 0. The molecule has 0 aromatic carbocycles. The van der Waals surface area contributed by atoms with Gasteiger partial charge < -0.3 is 9.84 Å². The molecule has 0 saturated carbocycles. The zero-order chi connectivity index (χ0) is 11.1. The number of ether oxygens (including phenoxy) is 1. The van der Waals surface area contributed by atoms with E-state index in [-0.39, 0.29) is 6.04 Å². The summed E-state index contributed by atoms with van der Waals surface area (Å²) in [5.41, 5.74) is 0. The Morgan fingerprint density at radius 1 is 1.47 bits per heavy atom. The highest BCUT2D eigenvalue weighted by Crippen LogP contribution is 2.16. The highest BCUT2D eigenvalue weighted by molar-refractivity contribution is 5.73. The van der Waals surface area contributed by atoms with E-state index in [1.807, 2.05) is 11.8 Å². The first-order valence-electron chi connectivity index (χ1n) is 5.80. The van der Waals surface area contributed by atoms with Crippen LogP contribution in [0.4, 0.5) is 0 Å². The summed E-state index contributed by atoms with van der Waals surface area (Å²) in [6, 6.07) is -0.298. The van der Waals surface area contributed by atoms with Gasteiger partial charge in [0.05, 0.1) is 6.61 Å². The molecule has 1 N–H and O–H groups in total. The molecule has 0 aliphatic carbocycles. The lowest BCUT2D eigenvalue weighted by Gasteiger charge is -2.26. The third kappa shape index (κ3) is 4.18. The van der Waals surface area contributed by atoms with Crippen molar-refractivity contribution in [1.29, 1.82) is 0 Å². The third-order valence-corrected chi connectivity index (χ3v) is 2.88. The molecular weight excluding hydrogens is 194 g/mol. The molecule has 88 valence electrons. The average Bonchev–Trinajstić information content (AvgIpc) is 2.43. The lowest BCUT2D eigenvalue weighted by molar-refractivity contribution is -0.143. The maximum atomic E-state index is 11.1. The maximum Gasteiger partial charge on any atom is 0.320 e. The summed E-state index contributed by atoms with van der Waals surface area (Å²) < 4.78 is 5.27. The summed E-state index contributed by atoms with van der Waals surface area (Å²) in [6.07, 6.45) is 4.06. The van der Waals surface area contributed by atoms with Gasteiger partial charge >= 0.3 is 5.97 Å². The first kappa shape index (κ1) is 12.5. The van der Waals surface area contributed by atoms with Gasteiger partial charge in [-0.05, 0) is 26.3 Å². The highest BCUT2D eigenvalue weighted by Gasteiger charge is 2.26. The second kappa shape index (κ2) is 6.80. The van der Waals surface area contributed by atoms with Crippen LogP contribution in [-0.4, -0.2) is 48.3 Å². The van der Waals surface area contributed by atoms with Crippen molar-refractivity contribution in [3.05, 3.63) is 0 Å². The van der Waals surface area contributed by atoms with Gasteiger partial charge in [-0.3, -0.25) is 9.69 Å². The van der Waals surface area contributed by atoms with E-state index in [0.717, 1.165) is 38.8 Å². The van der Waals surface area contributed by atoms with Crippen LogP contribution in [-0.2, 0) is 9.53 Å². The van der Waals surface area contributed by atoms with E-state index in [1.54, 1.807) is 0 Å². The molecule has 1 fully saturated rings. The molecule has 1 unspecified atom stereocenters. The summed E-state index contributed by atoms with van der Waals surface area (Å²) in [6.45, 7) is 4.93. The molecule has 0 aromatic heterocycles. The van der Waals surface area contributed by atoms with Gasteiger partial charge in [0.1, 0.15) is 6.04 Å². The van der Waals surface area contributed by atoms with Crippen LogP contribution in [0, 0.1) is 0 Å². The van der Waals surface area contributed by atoms with Crippen LogP contribution in [0.2, 0.25) is 0 Å². The number of carboxylic acids is 1. The first-order chi connectivity index (χ1) is 7.25. The normalized spacial score (nSPS) is 23.7. The monoisotopic (exact) mass is 215 g/mol. The Balaban J connectivity index is 2.43. The molecule has 15 heavy (non-hydrogen) atoms. The molecule has 1 saturated heterocycles. The Hall–Kier alpha value is -0.610. The van der Waals surface area contributed by atoms with E-state index in [0.29, 0.717) is 13.2 Å². The molecule has 0 radical (unpaired) electrons. The molecular formula is C11H21NO3. The first-order valence-corrected chi connectivity index (χ1v) is 5.80. The number of hydrogen-bond donors (Lipinski definition) is 1. The smallest absolute Gasteiger partial charge is 0.320 e. The van der Waals surface area contributed by atoms with Crippen molar-refractivity contribution in [1.82, 2.24) is 4.90 Å². The molecule has 1 aliphatic rings. The highest BCUT2D eigenvalue weighted by atomic mass is 16.5. The number of rotatable bonds is 5. The predicted molar refractivity (Wildman–Crippen MR) is 58.0 cm³/mol. The minimum absolute atomic E-state index is 0.298. The Kier molecular flexibility index (Phi) is 5.65. The van der Waals surface area contributed by atoms with Gasteiger partial charge in [0.15, 0.2) is 0 Å². The van der Waals surface area contributed by atoms with E-state index >= 15 is 0 Å². The van der Waals surface area contributed by atoms with E-state index in [2.05, 4.69) is 0 Å². The molecule has 4 heteroatoms. The van der Waals surface area contributed by atoms with Crippen LogP contribution in [0.3, 0.4) is 0 Å². The van der Waals surface area contributed by atoms with E-state index in [1.165, 1.54) is 0 Å². The lowest BCUT2D eigenvalue weighted by atomic mass is 10.1. The molecule has 0 bridgehead atoms. The van der Waals surface area contributed by atoms with Gasteiger partial charge in [-0.2, -0.15) is 0 Å². The average molecular weight is 215 g/mol. The fourth-order valence-corrected chi connectivity index (χ4v) is 2.04. The minimum atomic E-state index is -0.687. The van der Waals surface area contributed by atoms with Crippen molar-refractivity contribution in [3.63, 3.8) is 0 Å². The molecule has 0 amide bonds. The third-order valence-electron chi connectivity index (χ3n) is 2.88. The zero-order valence-electron chi connectivity index (χ0n) is 9.45. The lowest BCUT2D eigenvalue weighted by Crippen LogP contribution is -2.42. The molecule has 1 rings (SSSR count). The van der Waals surface area contributed by atoms with Crippen LogP contribution < -0.4 is 0 Å². The second-order valence-corrected chi connectivity index (χ2v) is 3.94. The standard InChI is InChI=1S/C11H21NO3/c1-2-15-9-8-12-7-5-3-4-6-10(12)11(13)14/h10H,2-9H2,1H3,(H,13,14). The number of nitrogens with zero attached hydrogens (tertiary/aromatic N) is 1. The van der Waals surface area contributed by atoms with Crippen molar-refractivity contribution >= 4 is 5.97 Å². The van der Waals surface area contributed by atoms with Crippen LogP contribution in [0.15, 0.2) is 0 Å². The zero-order valence-corrected chi connectivity index (χ0v) is 9.45. The van der Waals surface area contributed by atoms with Crippen LogP contribution in [0.1, 0.15) is 32.6 Å². The predicted octanol–water partition coefficient (Wildman–Crippen LogP) is 1.35. The maximum absolute atomic E-state index is 11.1. The summed E-state index contributed by atoms with van der Waals surface area (Å²) >= 11 is 0. The summed E-state index contributed by atoms with van der Waals surface area (Å²) in [5, 5.41) is 9.11. The van der Waals surface area contributed by atoms with Gasteiger partial charge in [-0.15, -0.1) is 0 Å². The largest absolute Gasteiger partial charge is 0.480 e. The number of likely N-dealkylation sites (tertiary alicyclic amines) is 1. The molecule has 1 heterocycles. The molecule has 4 nitrogen and oxygen atoms in total. The quantitative estimate of drug-likeness (QED) is 0.703. The summed E-state index contributed by atoms with van der Waals surface area (Å²) in [4.78, 5) is 13.1. The van der Waals surface area contributed by atoms with Crippen LogP contribution in [0.25, 0.3) is 0 Å². The Morgan fingerprint density at radius 3 is 2.93 bits per heavy atom. The second-order valence-electron chi connectivity index (χ2n) is 3.94. The van der Waals surface area contributed by atoms with Gasteiger partial charge in [-0.25, -0.2) is 0 Å². The van der Waals surface area contributed by atoms with Crippen LogP contribution in [0.5, 0.6) is 0 Å². The van der Waals surface area contributed by atoms with Crippen molar-refractivity contribution < 1.29 is 14.6 Å². The van der Waals surface area contributed by atoms with Gasteiger partial charge in [0.25, 0.3) is 0 Å². The van der Waals surface area contributed by atoms with Crippen LogP contribution >= 0.6 is 0 Å². The Bertz CT molecular complexity index is 196. The Morgan fingerprint density at radius 2 is 2.27 bits per heavy atom. The SMILES string of the molecule is CCOCCN1CCCCCC1C(=O)O. The van der Waals surface area contributed by atoms with Gasteiger partial charge in [-0.1, -0.05) is 12.8 Å². The number of carboxylic acid groups (broad SMARTS) is 1. The van der Waals surface area contributed by atoms with Gasteiger partial charge in [0, 0.05) is 13.2 Å². The number of hydrogen-bond acceptors (Lipinski definition) is 3. The number of aliphatic carboxylic acids is 1. The van der Waals surface area contributed by atoms with Crippen molar-refractivity contribution in [2.75, 3.05) is 26.3 Å². The fraction of sp³-hybridized carbons (Fsp3) is 0.909. The minimum Gasteiger partial charge on any atom is -0.480 e. The van der Waals surface area contributed by atoms with E-state index in [9.17, 15) is 4.79 Å². The van der Waals surface area contributed by atoms with Crippen molar-refractivity contribution in [2.24, 2.45) is 0 Å². The molecule has 1 aliphatic heterocycles. The fourth-order valence-electron chi connectivity index (χ4n) is 2.04. The van der Waals surface area contributed by atoms with E-state index < -0.39 is 5.97 Å². The van der Waals surface area contributed by atoms with Gasteiger partial charge in [0.2, 0.25) is 0 Å².